The van der Waals surface area contributed by atoms with E-state index in [1.54, 1.807) is 0 Å². The Morgan fingerprint density at radius 2 is 1.67 bits per heavy atom. The average Bonchev–Trinajstić information content (AvgIpc) is 2.47. The Labute approximate surface area is 132 Å². The van der Waals surface area contributed by atoms with Gasteiger partial charge in [0, 0.05) is 34.9 Å². The van der Waals surface area contributed by atoms with Crippen LogP contribution in [0.25, 0.3) is 11.4 Å². The van der Waals surface area contributed by atoms with Gasteiger partial charge in [0.25, 0.3) is 0 Å². The van der Waals surface area contributed by atoms with Crippen LogP contribution in [0.3, 0.4) is 0 Å². The molecule has 0 radical (unpaired) electrons. The summed E-state index contributed by atoms with van der Waals surface area (Å²) < 4.78 is 1.00. The molecule has 0 aliphatic rings. The molecular weight excluding hydrogens is 334 g/mol. The molecule has 0 aliphatic carbocycles. The second-order valence-electron chi connectivity index (χ2n) is 4.63. The van der Waals surface area contributed by atoms with Crippen molar-refractivity contribution in [2.45, 2.75) is 6.92 Å². The fraction of sp³-hybridized carbons (Fsp3) is 0.333. The van der Waals surface area contributed by atoms with Gasteiger partial charge in [0.2, 0.25) is 0 Å². The number of hydrogen-bond donors (Lipinski definition) is 2. The van der Waals surface area contributed by atoms with Crippen molar-refractivity contribution in [3.8, 4) is 11.4 Å². The van der Waals surface area contributed by atoms with Gasteiger partial charge < -0.3 is 15.1 Å². The first-order valence-corrected chi connectivity index (χ1v) is 7.51. The molecule has 2 rings (SSSR count). The molecule has 1 aromatic heterocycles. The van der Waals surface area contributed by atoms with Crippen LogP contribution in [0.2, 0.25) is 0 Å². The number of aryl methyl sites for hydroxylation is 1. The molecule has 112 valence electrons. The highest BCUT2D eigenvalue weighted by Gasteiger charge is 2.11. The van der Waals surface area contributed by atoms with Gasteiger partial charge in [-0.05, 0) is 19.1 Å². The molecule has 1 heterocycles. The van der Waals surface area contributed by atoms with Crippen molar-refractivity contribution in [3.63, 3.8) is 0 Å². The summed E-state index contributed by atoms with van der Waals surface area (Å²) in [5.74, 6) is 1.35. The highest BCUT2D eigenvalue weighted by Crippen LogP contribution is 2.22. The van der Waals surface area contributed by atoms with Crippen LogP contribution in [-0.4, -0.2) is 46.5 Å². The van der Waals surface area contributed by atoms with Gasteiger partial charge in [0.1, 0.15) is 5.82 Å². The third kappa shape index (κ3) is 4.23. The van der Waals surface area contributed by atoms with Crippen molar-refractivity contribution in [3.05, 3.63) is 40.5 Å². The lowest BCUT2D eigenvalue weighted by Crippen LogP contribution is -2.30. The van der Waals surface area contributed by atoms with Gasteiger partial charge >= 0.3 is 0 Å². The summed E-state index contributed by atoms with van der Waals surface area (Å²) in [4.78, 5) is 10.9. The smallest absolute Gasteiger partial charge is 0.161 e. The zero-order chi connectivity index (χ0) is 15.2. The standard InChI is InChI=1S/C15H18BrN3O2/c1-11-10-14(19(6-8-20)7-9-21)18-15(17-11)12-2-4-13(16)5-3-12/h2-5,10,20-21H,6-9H2,1H3. The zero-order valence-corrected chi connectivity index (χ0v) is 13.4. The topological polar surface area (TPSA) is 69.5 Å². The number of halogens is 1. The van der Waals surface area contributed by atoms with E-state index in [4.69, 9.17) is 10.2 Å². The quantitative estimate of drug-likeness (QED) is 0.832. The molecule has 0 fully saturated rings. The predicted molar refractivity (Wildman–Crippen MR) is 86.3 cm³/mol. The van der Waals surface area contributed by atoms with Crippen molar-refractivity contribution in [1.82, 2.24) is 9.97 Å². The Morgan fingerprint density at radius 3 is 2.24 bits per heavy atom. The minimum atomic E-state index is 0.0106. The SMILES string of the molecule is Cc1cc(N(CCO)CCO)nc(-c2ccc(Br)cc2)n1. The molecule has 0 atom stereocenters. The highest BCUT2D eigenvalue weighted by atomic mass is 79.9. The lowest BCUT2D eigenvalue weighted by atomic mass is 10.2. The predicted octanol–water partition coefficient (Wildman–Crippen LogP) is 2.01. The first-order chi connectivity index (χ1) is 10.1. The Morgan fingerprint density at radius 1 is 1.05 bits per heavy atom. The molecule has 5 nitrogen and oxygen atoms in total. The summed E-state index contributed by atoms with van der Waals surface area (Å²) >= 11 is 3.41. The second-order valence-corrected chi connectivity index (χ2v) is 5.55. The summed E-state index contributed by atoms with van der Waals surface area (Å²) in [7, 11) is 0. The van der Waals surface area contributed by atoms with Gasteiger partial charge in [-0.2, -0.15) is 0 Å². The second kappa shape index (κ2) is 7.49. The normalized spacial score (nSPS) is 10.7. The van der Waals surface area contributed by atoms with E-state index >= 15 is 0 Å². The highest BCUT2D eigenvalue weighted by molar-refractivity contribution is 9.10. The van der Waals surface area contributed by atoms with Crippen molar-refractivity contribution < 1.29 is 10.2 Å². The van der Waals surface area contributed by atoms with Crippen molar-refractivity contribution in [2.24, 2.45) is 0 Å². The average molecular weight is 352 g/mol. The van der Waals surface area contributed by atoms with Gasteiger partial charge in [-0.3, -0.25) is 0 Å². The van der Waals surface area contributed by atoms with E-state index < -0.39 is 0 Å². The number of aliphatic hydroxyl groups is 2. The first kappa shape index (κ1) is 15.9. The molecule has 0 amide bonds. The molecule has 0 unspecified atom stereocenters. The Bertz CT molecular complexity index is 584. The molecule has 0 bridgehead atoms. The number of nitrogens with zero attached hydrogens (tertiary/aromatic N) is 3. The third-order valence-electron chi connectivity index (χ3n) is 3.01. The maximum Gasteiger partial charge on any atom is 0.161 e. The van der Waals surface area contributed by atoms with Crippen molar-refractivity contribution in [1.29, 1.82) is 0 Å². The van der Waals surface area contributed by atoms with E-state index in [-0.39, 0.29) is 13.2 Å². The third-order valence-corrected chi connectivity index (χ3v) is 3.54. The molecule has 6 heteroatoms. The molecule has 0 saturated heterocycles. The van der Waals surface area contributed by atoms with Crippen molar-refractivity contribution >= 4 is 21.7 Å². The molecule has 2 N–H and O–H groups in total. The van der Waals surface area contributed by atoms with Crippen LogP contribution in [0.4, 0.5) is 5.82 Å². The van der Waals surface area contributed by atoms with E-state index in [9.17, 15) is 0 Å². The van der Waals surface area contributed by atoms with Gasteiger partial charge in [0.15, 0.2) is 5.82 Å². The first-order valence-electron chi connectivity index (χ1n) is 6.72. The van der Waals surface area contributed by atoms with E-state index in [2.05, 4.69) is 25.9 Å². The maximum absolute atomic E-state index is 9.14. The lowest BCUT2D eigenvalue weighted by Gasteiger charge is -2.22. The summed E-state index contributed by atoms with van der Waals surface area (Å²) in [6.07, 6.45) is 0. The largest absolute Gasteiger partial charge is 0.395 e. The van der Waals surface area contributed by atoms with Crippen molar-refractivity contribution in [2.75, 3.05) is 31.2 Å². The fourth-order valence-electron chi connectivity index (χ4n) is 2.02. The molecule has 21 heavy (non-hydrogen) atoms. The van der Waals surface area contributed by atoms with E-state index in [1.807, 2.05) is 42.2 Å². The number of rotatable bonds is 6. The maximum atomic E-state index is 9.14. The number of benzene rings is 1. The Hall–Kier alpha value is -1.50. The van der Waals surface area contributed by atoms with Crippen LogP contribution >= 0.6 is 15.9 Å². The van der Waals surface area contributed by atoms with Crippen LogP contribution < -0.4 is 4.90 Å². The molecule has 0 saturated carbocycles. The van der Waals surface area contributed by atoms with Crippen LogP contribution in [0.15, 0.2) is 34.8 Å². The minimum absolute atomic E-state index is 0.0106. The van der Waals surface area contributed by atoms with E-state index in [1.165, 1.54) is 0 Å². The van der Waals surface area contributed by atoms with Crippen LogP contribution in [0.5, 0.6) is 0 Å². The molecule has 1 aromatic carbocycles. The molecular formula is C15H18BrN3O2. The van der Waals surface area contributed by atoms with Gasteiger partial charge in [-0.15, -0.1) is 0 Å². The van der Waals surface area contributed by atoms with Gasteiger partial charge in [-0.1, -0.05) is 28.1 Å². The number of aromatic nitrogens is 2. The van der Waals surface area contributed by atoms with Crippen LogP contribution in [0, 0.1) is 6.92 Å². The molecule has 2 aromatic rings. The fourth-order valence-corrected chi connectivity index (χ4v) is 2.29. The van der Waals surface area contributed by atoms with E-state index in [0.29, 0.717) is 24.7 Å². The molecule has 0 aliphatic heterocycles. The number of aliphatic hydroxyl groups excluding tert-OH is 2. The minimum Gasteiger partial charge on any atom is -0.395 e. The molecule has 0 spiro atoms. The van der Waals surface area contributed by atoms with Crippen LogP contribution in [-0.2, 0) is 0 Å². The number of hydrogen-bond acceptors (Lipinski definition) is 5. The Kier molecular flexibility index (Phi) is 5.67. The number of anilines is 1. The lowest BCUT2D eigenvalue weighted by molar-refractivity contribution is 0.280. The Balaban J connectivity index is 2.37. The summed E-state index contributed by atoms with van der Waals surface area (Å²) in [5, 5.41) is 18.3. The van der Waals surface area contributed by atoms with Gasteiger partial charge in [-0.25, -0.2) is 9.97 Å². The monoisotopic (exact) mass is 351 g/mol. The summed E-state index contributed by atoms with van der Waals surface area (Å²) in [6, 6.07) is 9.64. The van der Waals surface area contributed by atoms with E-state index in [0.717, 1.165) is 15.7 Å². The van der Waals surface area contributed by atoms with Crippen LogP contribution in [0.1, 0.15) is 5.69 Å². The summed E-state index contributed by atoms with van der Waals surface area (Å²) in [6.45, 7) is 2.78. The van der Waals surface area contributed by atoms with Gasteiger partial charge in [0.05, 0.1) is 13.2 Å². The summed E-state index contributed by atoms with van der Waals surface area (Å²) in [5.41, 5.74) is 1.77. The zero-order valence-electron chi connectivity index (χ0n) is 11.8.